The third-order valence-electron chi connectivity index (χ3n) is 6.71. The van der Waals surface area contributed by atoms with E-state index < -0.39 is 8.32 Å². The van der Waals surface area contributed by atoms with Crippen molar-refractivity contribution in [2.75, 3.05) is 11.9 Å². The number of hydrogen-bond donors (Lipinski definition) is 3. The molecule has 0 saturated heterocycles. The van der Waals surface area contributed by atoms with Gasteiger partial charge in [0.1, 0.15) is 11.5 Å². The Morgan fingerprint density at radius 2 is 1.74 bits per heavy atom. The monoisotopic (exact) mass is 498 g/mol. The van der Waals surface area contributed by atoms with Gasteiger partial charge >= 0.3 is 0 Å². The van der Waals surface area contributed by atoms with Crippen LogP contribution in [0, 0.1) is 0 Å². The van der Waals surface area contributed by atoms with E-state index in [4.69, 9.17) is 4.43 Å². The highest BCUT2D eigenvalue weighted by Gasteiger charge is 2.39. The van der Waals surface area contributed by atoms with Crippen molar-refractivity contribution in [1.29, 1.82) is 0 Å². The molecule has 0 radical (unpaired) electrons. The van der Waals surface area contributed by atoms with Crippen molar-refractivity contribution in [1.82, 2.24) is 5.32 Å². The van der Waals surface area contributed by atoms with Crippen LogP contribution in [0.5, 0.6) is 5.75 Å². The van der Waals surface area contributed by atoms with Crippen molar-refractivity contribution in [3.05, 3.63) is 59.2 Å². The Bertz CT molecular complexity index is 1030. The Hall–Kier alpha value is -2.48. The van der Waals surface area contributed by atoms with E-state index in [9.17, 15) is 14.7 Å². The summed E-state index contributed by atoms with van der Waals surface area (Å²) in [5.41, 5.74) is 3.23. The average Bonchev–Trinajstić information content (AvgIpc) is 2.71. The molecule has 0 aliphatic rings. The van der Waals surface area contributed by atoms with E-state index in [1.807, 2.05) is 18.2 Å². The van der Waals surface area contributed by atoms with E-state index in [1.54, 1.807) is 19.1 Å². The van der Waals surface area contributed by atoms with E-state index in [0.717, 1.165) is 17.5 Å². The van der Waals surface area contributed by atoms with Gasteiger partial charge in [-0.25, -0.2) is 0 Å². The second-order valence-corrected chi connectivity index (χ2v) is 16.3. The number of amides is 1. The molecule has 3 N–H and O–H groups in total. The number of nitrogens with one attached hydrogen (secondary N) is 2. The largest absolute Gasteiger partial charge is 0.506 e. The molecule has 0 saturated carbocycles. The first-order chi connectivity index (χ1) is 16.1. The van der Waals surface area contributed by atoms with Crippen LogP contribution in [-0.4, -0.2) is 37.7 Å². The number of benzene rings is 2. The van der Waals surface area contributed by atoms with Gasteiger partial charge in [-0.15, -0.1) is 0 Å². The second-order valence-electron chi connectivity index (χ2n) is 11.5. The lowest BCUT2D eigenvalue weighted by molar-refractivity contribution is -0.116. The molecule has 0 spiro atoms. The maximum Gasteiger partial charge on any atom is 0.211 e. The van der Waals surface area contributed by atoms with Crippen LogP contribution in [0.15, 0.2) is 42.5 Å². The lowest BCUT2D eigenvalue weighted by Gasteiger charge is -2.40. The number of rotatable bonds is 12. The Morgan fingerprint density at radius 3 is 2.34 bits per heavy atom. The third kappa shape index (κ3) is 8.60. The van der Waals surface area contributed by atoms with Crippen LogP contribution in [0.2, 0.25) is 18.1 Å². The standard InChI is InChI=1S/C28H42N2O4Si/c1-20(32)14-21-10-9-11-22(15-21)17-28(5,6)30-18-26(34-35(7,8)27(2,3)4)23-12-13-25(33)24(16-23)29-19-31/h9-13,15-16,19,26,30,33H,14,17-18H2,1-8H3,(H,29,31)/t26-/m0/s1. The Kier molecular flexibility index (Phi) is 9.45. The van der Waals surface area contributed by atoms with E-state index in [1.165, 1.54) is 5.56 Å². The molecule has 2 aromatic rings. The summed E-state index contributed by atoms with van der Waals surface area (Å²) >= 11 is 0. The SMILES string of the molecule is CC(=O)Cc1cccc(CC(C)(C)NC[C@H](O[Si](C)(C)C(C)(C)C)c2ccc(O)c(NC=O)c2)c1. The van der Waals surface area contributed by atoms with Crippen LogP contribution in [0.25, 0.3) is 0 Å². The molecule has 7 heteroatoms. The topological polar surface area (TPSA) is 87.7 Å². The van der Waals surface area contributed by atoms with Crippen LogP contribution in [-0.2, 0) is 26.9 Å². The number of phenolic OH excluding ortho intramolecular Hbond substituents is 1. The lowest BCUT2D eigenvalue weighted by atomic mass is 9.93. The zero-order chi connectivity index (χ0) is 26.4. The summed E-state index contributed by atoms with van der Waals surface area (Å²) in [6.07, 6.45) is 1.54. The Balaban J connectivity index is 2.27. The fourth-order valence-electron chi connectivity index (χ4n) is 3.77. The molecule has 0 bridgehead atoms. The van der Waals surface area contributed by atoms with Crippen LogP contribution in [0.4, 0.5) is 5.69 Å². The molecular weight excluding hydrogens is 456 g/mol. The van der Waals surface area contributed by atoms with Gasteiger partial charge in [-0.3, -0.25) is 9.59 Å². The van der Waals surface area contributed by atoms with Gasteiger partial charge in [0.2, 0.25) is 6.41 Å². The highest BCUT2D eigenvalue weighted by atomic mass is 28.4. The molecule has 2 rings (SSSR count). The molecule has 0 unspecified atom stereocenters. The number of anilines is 1. The van der Waals surface area contributed by atoms with Crippen molar-refractivity contribution in [3.8, 4) is 5.75 Å². The summed E-state index contributed by atoms with van der Waals surface area (Å²) < 4.78 is 6.81. The Morgan fingerprint density at radius 1 is 1.09 bits per heavy atom. The first-order valence-corrected chi connectivity index (χ1v) is 15.1. The molecule has 0 fully saturated rings. The first-order valence-electron chi connectivity index (χ1n) is 12.2. The maximum absolute atomic E-state index is 11.5. The molecular formula is C28H42N2O4Si. The maximum atomic E-state index is 11.5. The van der Waals surface area contributed by atoms with Crippen LogP contribution in [0.1, 0.15) is 64.3 Å². The van der Waals surface area contributed by atoms with Gasteiger partial charge < -0.3 is 20.2 Å². The number of carbonyl (C=O) groups is 2. The normalized spacial score (nSPS) is 13.4. The smallest absolute Gasteiger partial charge is 0.211 e. The summed E-state index contributed by atoms with van der Waals surface area (Å²) in [6, 6.07) is 13.4. The molecule has 192 valence electrons. The van der Waals surface area contributed by atoms with Gasteiger partial charge in [0.25, 0.3) is 0 Å². The molecule has 2 aromatic carbocycles. The van der Waals surface area contributed by atoms with E-state index in [0.29, 0.717) is 25.1 Å². The fraction of sp³-hybridized carbons (Fsp3) is 0.500. The molecule has 35 heavy (non-hydrogen) atoms. The van der Waals surface area contributed by atoms with Crippen LogP contribution in [0.3, 0.4) is 0 Å². The van der Waals surface area contributed by atoms with Gasteiger partial charge in [0.15, 0.2) is 8.32 Å². The van der Waals surface area contributed by atoms with Gasteiger partial charge in [-0.05, 0) is 74.1 Å². The Labute approximate surface area is 211 Å². The fourth-order valence-corrected chi connectivity index (χ4v) is 5.06. The molecule has 0 aliphatic heterocycles. The molecule has 0 aromatic heterocycles. The van der Waals surface area contributed by atoms with Crippen LogP contribution >= 0.6 is 0 Å². The zero-order valence-electron chi connectivity index (χ0n) is 22.5. The lowest BCUT2D eigenvalue weighted by Crippen LogP contribution is -2.47. The predicted octanol–water partition coefficient (Wildman–Crippen LogP) is 5.77. The molecule has 0 aliphatic carbocycles. The number of hydrogen-bond acceptors (Lipinski definition) is 5. The number of phenols is 1. The third-order valence-corrected chi connectivity index (χ3v) is 11.2. The quantitative estimate of drug-likeness (QED) is 0.197. The second kappa shape index (κ2) is 11.5. The van der Waals surface area contributed by atoms with Gasteiger partial charge in [0, 0.05) is 18.5 Å². The van der Waals surface area contributed by atoms with E-state index >= 15 is 0 Å². The number of Topliss-reactive ketones (excluding diaryl/α,β-unsaturated/α-hetero) is 1. The average molecular weight is 499 g/mol. The minimum absolute atomic E-state index is 0.0191. The number of ketones is 1. The summed E-state index contributed by atoms with van der Waals surface area (Å²) in [7, 11) is -2.12. The summed E-state index contributed by atoms with van der Waals surface area (Å²) in [4.78, 5) is 22.5. The highest BCUT2D eigenvalue weighted by Crippen LogP contribution is 2.40. The van der Waals surface area contributed by atoms with Crippen molar-refractivity contribution in [2.45, 2.75) is 84.2 Å². The van der Waals surface area contributed by atoms with Gasteiger partial charge in [-0.1, -0.05) is 51.1 Å². The zero-order valence-corrected chi connectivity index (χ0v) is 23.5. The first kappa shape index (κ1) is 28.8. The number of carbonyl (C=O) groups excluding carboxylic acids is 2. The molecule has 6 nitrogen and oxygen atoms in total. The van der Waals surface area contributed by atoms with Crippen molar-refractivity contribution in [2.24, 2.45) is 0 Å². The van der Waals surface area contributed by atoms with Gasteiger partial charge in [0.05, 0.1) is 11.8 Å². The van der Waals surface area contributed by atoms with Gasteiger partial charge in [-0.2, -0.15) is 0 Å². The van der Waals surface area contributed by atoms with Crippen molar-refractivity contribution >= 4 is 26.2 Å². The van der Waals surface area contributed by atoms with Crippen LogP contribution < -0.4 is 10.6 Å². The summed E-state index contributed by atoms with van der Waals surface area (Å²) in [5.74, 6) is 0.174. The molecule has 0 heterocycles. The minimum Gasteiger partial charge on any atom is -0.506 e. The van der Waals surface area contributed by atoms with Crippen molar-refractivity contribution < 1.29 is 19.1 Å². The minimum atomic E-state index is -2.12. The van der Waals surface area contributed by atoms with E-state index in [2.05, 4.69) is 70.5 Å². The molecule has 1 atom stereocenters. The molecule has 1 amide bonds. The number of aromatic hydroxyl groups is 1. The summed E-state index contributed by atoms with van der Waals surface area (Å²) in [6.45, 7) is 17.5. The van der Waals surface area contributed by atoms with E-state index in [-0.39, 0.29) is 28.2 Å². The summed E-state index contributed by atoms with van der Waals surface area (Å²) in [5, 5.41) is 16.4. The van der Waals surface area contributed by atoms with Crippen molar-refractivity contribution in [3.63, 3.8) is 0 Å². The predicted molar refractivity (Wildman–Crippen MR) is 145 cm³/mol. The highest BCUT2D eigenvalue weighted by molar-refractivity contribution is 6.74.